The summed E-state index contributed by atoms with van der Waals surface area (Å²) in [7, 11) is 2.02. The fourth-order valence-electron chi connectivity index (χ4n) is 2.82. The Balaban J connectivity index is 1.86. The smallest absolute Gasteiger partial charge is 0.0448 e. The second kappa shape index (κ2) is 6.32. The molecule has 2 N–H and O–H groups in total. The molecule has 2 rings (SSSR count). The summed E-state index contributed by atoms with van der Waals surface area (Å²) in [5, 5.41) is 12.6. The molecule has 1 aromatic rings. The molecule has 0 spiro atoms. The van der Waals surface area contributed by atoms with Gasteiger partial charge in [-0.05, 0) is 31.9 Å². The summed E-state index contributed by atoms with van der Waals surface area (Å²) in [6.45, 7) is 3.53. The van der Waals surface area contributed by atoms with E-state index in [0.717, 1.165) is 38.9 Å². The van der Waals surface area contributed by atoms with Crippen LogP contribution in [-0.2, 0) is 6.54 Å². The van der Waals surface area contributed by atoms with Crippen LogP contribution in [0.25, 0.3) is 0 Å². The predicted molar refractivity (Wildman–Crippen MR) is 74.4 cm³/mol. The van der Waals surface area contributed by atoms with Crippen molar-refractivity contribution in [3.05, 3.63) is 35.9 Å². The predicted octanol–water partition coefficient (Wildman–Crippen LogP) is 1.62. The molecular weight excluding hydrogens is 224 g/mol. The third kappa shape index (κ3) is 3.31. The minimum Gasteiger partial charge on any atom is -0.396 e. The Bertz CT molecular complexity index is 345. The second-order valence-electron chi connectivity index (χ2n) is 5.27. The molecule has 0 bridgehead atoms. The molecule has 1 fully saturated rings. The molecule has 1 heterocycles. The van der Waals surface area contributed by atoms with Crippen LogP contribution in [0.2, 0.25) is 0 Å². The number of piperidine rings is 1. The lowest BCUT2D eigenvalue weighted by atomic mass is 9.84. The lowest BCUT2D eigenvalue weighted by molar-refractivity contribution is 0.110. The molecule has 0 aliphatic carbocycles. The Kier molecular flexibility index (Phi) is 4.75. The maximum Gasteiger partial charge on any atom is 0.0448 e. The van der Waals surface area contributed by atoms with Crippen LogP contribution in [0, 0.1) is 0 Å². The average Bonchev–Trinajstić information content (AvgIpc) is 2.43. The van der Waals surface area contributed by atoms with Crippen molar-refractivity contribution in [3.63, 3.8) is 0 Å². The number of nitrogens with one attached hydrogen (secondary N) is 1. The van der Waals surface area contributed by atoms with E-state index >= 15 is 0 Å². The highest BCUT2D eigenvalue weighted by molar-refractivity contribution is 5.14. The third-order valence-corrected chi connectivity index (χ3v) is 4.18. The molecule has 1 aliphatic rings. The van der Waals surface area contributed by atoms with E-state index < -0.39 is 0 Å². The number of benzene rings is 1. The fourth-order valence-corrected chi connectivity index (χ4v) is 2.82. The number of likely N-dealkylation sites (tertiary alicyclic amines) is 1. The van der Waals surface area contributed by atoms with Gasteiger partial charge in [0.15, 0.2) is 0 Å². The van der Waals surface area contributed by atoms with Crippen molar-refractivity contribution in [2.24, 2.45) is 0 Å². The van der Waals surface area contributed by atoms with Crippen molar-refractivity contribution in [3.8, 4) is 0 Å². The summed E-state index contributed by atoms with van der Waals surface area (Å²) in [6, 6.07) is 10.6. The minimum absolute atomic E-state index is 0.155. The summed E-state index contributed by atoms with van der Waals surface area (Å²) in [5.41, 5.74) is 1.54. The second-order valence-corrected chi connectivity index (χ2v) is 5.27. The molecule has 0 radical (unpaired) electrons. The first-order valence-electron chi connectivity index (χ1n) is 6.84. The maximum absolute atomic E-state index is 9.16. The molecular formula is C15H24N2O. The monoisotopic (exact) mass is 248 g/mol. The van der Waals surface area contributed by atoms with E-state index in [0.29, 0.717) is 0 Å². The van der Waals surface area contributed by atoms with Gasteiger partial charge >= 0.3 is 0 Å². The maximum atomic E-state index is 9.16. The fraction of sp³-hybridized carbons (Fsp3) is 0.600. The van der Waals surface area contributed by atoms with Crippen molar-refractivity contribution in [1.82, 2.24) is 10.2 Å². The highest BCUT2D eigenvalue weighted by Gasteiger charge is 2.32. The van der Waals surface area contributed by atoms with Crippen LogP contribution in [0.5, 0.6) is 0 Å². The van der Waals surface area contributed by atoms with E-state index in [9.17, 15) is 0 Å². The molecule has 18 heavy (non-hydrogen) atoms. The number of rotatable bonds is 5. The number of aliphatic hydroxyl groups is 1. The first-order chi connectivity index (χ1) is 8.78. The van der Waals surface area contributed by atoms with E-state index in [-0.39, 0.29) is 12.1 Å². The molecule has 3 heteroatoms. The van der Waals surface area contributed by atoms with Gasteiger partial charge in [-0.3, -0.25) is 4.90 Å². The molecule has 3 nitrogen and oxygen atoms in total. The number of aliphatic hydroxyl groups excluding tert-OH is 1. The average molecular weight is 248 g/mol. The molecule has 0 amide bonds. The zero-order valence-electron chi connectivity index (χ0n) is 11.2. The van der Waals surface area contributed by atoms with Crippen LogP contribution in [0.4, 0.5) is 0 Å². The molecule has 0 aromatic heterocycles. The highest BCUT2D eigenvalue weighted by atomic mass is 16.3. The van der Waals surface area contributed by atoms with E-state index in [1.165, 1.54) is 5.56 Å². The van der Waals surface area contributed by atoms with Crippen LogP contribution in [0.3, 0.4) is 0 Å². The Hall–Kier alpha value is -0.900. The number of hydrogen-bond acceptors (Lipinski definition) is 3. The highest BCUT2D eigenvalue weighted by Crippen LogP contribution is 2.26. The van der Waals surface area contributed by atoms with Gasteiger partial charge in [0.2, 0.25) is 0 Å². The summed E-state index contributed by atoms with van der Waals surface area (Å²) in [5.74, 6) is 0. The van der Waals surface area contributed by atoms with Gasteiger partial charge in [-0.15, -0.1) is 0 Å². The Morgan fingerprint density at radius 1 is 1.22 bits per heavy atom. The van der Waals surface area contributed by atoms with Crippen molar-refractivity contribution in [2.45, 2.75) is 31.3 Å². The van der Waals surface area contributed by atoms with Gasteiger partial charge in [0, 0.05) is 31.8 Å². The van der Waals surface area contributed by atoms with Gasteiger partial charge in [0.25, 0.3) is 0 Å². The third-order valence-electron chi connectivity index (χ3n) is 4.18. The van der Waals surface area contributed by atoms with Crippen molar-refractivity contribution in [2.75, 3.05) is 26.7 Å². The summed E-state index contributed by atoms with van der Waals surface area (Å²) >= 11 is 0. The number of hydrogen-bond donors (Lipinski definition) is 2. The van der Waals surface area contributed by atoms with Gasteiger partial charge in [0.05, 0.1) is 0 Å². The van der Waals surface area contributed by atoms with Crippen LogP contribution in [0.1, 0.15) is 24.8 Å². The molecule has 100 valence electrons. The lowest BCUT2D eigenvalue weighted by Gasteiger charge is -2.41. The molecule has 1 aliphatic heterocycles. The number of nitrogens with zero attached hydrogens (tertiary/aromatic N) is 1. The molecule has 1 saturated heterocycles. The zero-order chi connectivity index (χ0) is 12.8. The normalized spacial score (nSPS) is 19.9. The lowest BCUT2D eigenvalue weighted by Crippen LogP contribution is -2.52. The van der Waals surface area contributed by atoms with E-state index in [2.05, 4.69) is 40.5 Å². The first kappa shape index (κ1) is 13.5. The Labute approximate surface area is 110 Å². The topological polar surface area (TPSA) is 35.5 Å². The minimum atomic E-state index is 0.155. The Morgan fingerprint density at radius 2 is 1.89 bits per heavy atom. The molecule has 0 atom stereocenters. The van der Waals surface area contributed by atoms with Crippen molar-refractivity contribution >= 4 is 0 Å². The van der Waals surface area contributed by atoms with Crippen LogP contribution in [-0.4, -0.2) is 42.3 Å². The van der Waals surface area contributed by atoms with Crippen LogP contribution < -0.4 is 5.32 Å². The van der Waals surface area contributed by atoms with Crippen molar-refractivity contribution < 1.29 is 5.11 Å². The van der Waals surface area contributed by atoms with Gasteiger partial charge < -0.3 is 10.4 Å². The van der Waals surface area contributed by atoms with E-state index in [1.807, 2.05) is 7.05 Å². The van der Waals surface area contributed by atoms with Crippen molar-refractivity contribution in [1.29, 1.82) is 0 Å². The SMILES string of the molecule is CNC1(CCO)CCN(Cc2ccccc2)CC1. The summed E-state index contributed by atoms with van der Waals surface area (Å²) in [6.07, 6.45) is 3.11. The molecule has 1 aromatic carbocycles. The first-order valence-corrected chi connectivity index (χ1v) is 6.84. The largest absolute Gasteiger partial charge is 0.396 e. The van der Waals surface area contributed by atoms with Gasteiger partial charge in [-0.2, -0.15) is 0 Å². The molecule has 0 unspecified atom stereocenters. The summed E-state index contributed by atoms with van der Waals surface area (Å²) in [4.78, 5) is 2.50. The standard InChI is InChI=1S/C15H24N2O/c1-16-15(9-12-18)7-10-17(11-8-15)13-14-5-3-2-4-6-14/h2-6,16,18H,7-13H2,1H3. The van der Waals surface area contributed by atoms with E-state index in [4.69, 9.17) is 5.11 Å². The van der Waals surface area contributed by atoms with Crippen LogP contribution in [0.15, 0.2) is 30.3 Å². The van der Waals surface area contributed by atoms with Gasteiger partial charge in [0.1, 0.15) is 0 Å². The molecule has 0 saturated carbocycles. The quantitative estimate of drug-likeness (QED) is 0.831. The van der Waals surface area contributed by atoms with Crippen LogP contribution >= 0.6 is 0 Å². The van der Waals surface area contributed by atoms with Gasteiger partial charge in [-0.1, -0.05) is 30.3 Å². The van der Waals surface area contributed by atoms with E-state index in [1.54, 1.807) is 0 Å². The zero-order valence-corrected chi connectivity index (χ0v) is 11.2. The summed E-state index contributed by atoms with van der Waals surface area (Å²) < 4.78 is 0. The Morgan fingerprint density at radius 3 is 2.44 bits per heavy atom. The van der Waals surface area contributed by atoms with Gasteiger partial charge in [-0.25, -0.2) is 0 Å².